The van der Waals surface area contributed by atoms with Crippen molar-refractivity contribution in [2.24, 2.45) is 0 Å². The molecule has 1 aromatic rings. The summed E-state index contributed by atoms with van der Waals surface area (Å²) in [4.78, 5) is 0. The molecule has 0 amide bonds. The van der Waals surface area contributed by atoms with E-state index < -0.39 is 5.79 Å². The van der Waals surface area contributed by atoms with Gasteiger partial charge in [-0.15, -0.1) is 0 Å². The summed E-state index contributed by atoms with van der Waals surface area (Å²) in [5, 5.41) is 18.5. The summed E-state index contributed by atoms with van der Waals surface area (Å²) < 4.78 is 0. The van der Waals surface area contributed by atoms with Gasteiger partial charge in [0.05, 0.1) is 0 Å². The normalized spacial score (nSPS) is 17.9. The Balaban J connectivity index is 0.00000112. The number of benzene rings is 1. The van der Waals surface area contributed by atoms with Gasteiger partial charge >= 0.3 is 0 Å². The minimum atomic E-state index is -1.67. The molecule has 0 saturated heterocycles. The molecule has 2 nitrogen and oxygen atoms in total. The Morgan fingerprint density at radius 1 is 1.07 bits per heavy atom. The zero-order valence-corrected chi connectivity index (χ0v) is 10.7. The SMILES string of the molecule is OC1(O)C=CC(c2ccccc2)=CC1.[Na]. The molecule has 0 bridgehead atoms. The average molecular weight is 211 g/mol. The molecule has 1 aliphatic rings. The summed E-state index contributed by atoms with van der Waals surface area (Å²) in [6.45, 7) is 0. The van der Waals surface area contributed by atoms with Crippen LogP contribution in [0.1, 0.15) is 12.0 Å². The smallest absolute Gasteiger partial charge is 0.186 e. The van der Waals surface area contributed by atoms with Gasteiger partial charge < -0.3 is 10.2 Å². The Bertz CT molecular complexity index is 380. The molecule has 2 N–H and O–H groups in total. The second-order valence-electron chi connectivity index (χ2n) is 3.44. The third-order valence-corrected chi connectivity index (χ3v) is 2.26. The molecule has 1 aliphatic carbocycles. The quantitative estimate of drug-likeness (QED) is 0.543. The Kier molecular flexibility index (Phi) is 4.32. The third kappa shape index (κ3) is 3.30. The van der Waals surface area contributed by atoms with Crippen molar-refractivity contribution in [3.05, 3.63) is 54.1 Å². The number of allylic oxidation sites excluding steroid dienone is 2. The van der Waals surface area contributed by atoms with Crippen LogP contribution in [0.15, 0.2) is 48.6 Å². The van der Waals surface area contributed by atoms with E-state index in [0.29, 0.717) is 0 Å². The fraction of sp³-hybridized carbons (Fsp3) is 0.167. The zero-order valence-electron chi connectivity index (χ0n) is 8.72. The van der Waals surface area contributed by atoms with E-state index in [4.69, 9.17) is 0 Å². The van der Waals surface area contributed by atoms with Crippen molar-refractivity contribution in [1.29, 1.82) is 0 Å². The molecule has 1 aromatic carbocycles. The van der Waals surface area contributed by atoms with Crippen LogP contribution < -0.4 is 0 Å². The number of hydrogen-bond donors (Lipinski definition) is 2. The molecular weight excluding hydrogens is 199 g/mol. The molecule has 15 heavy (non-hydrogen) atoms. The van der Waals surface area contributed by atoms with E-state index in [2.05, 4.69) is 0 Å². The van der Waals surface area contributed by atoms with Crippen molar-refractivity contribution in [3.63, 3.8) is 0 Å². The van der Waals surface area contributed by atoms with Gasteiger partial charge in [-0.2, -0.15) is 0 Å². The van der Waals surface area contributed by atoms with Gasteiger partial charge in [-0.25, -0.2) is 0 Å². The molecule has 73 valence electrons. The maximum absolute atomic E-state index is 9.26. The minimum absolute atomic E-state index is 0. The van der Waals surface area contributed by atoms with Crippen LogP contribution in [0.4, 0.5) is 0 Å². The van der Waals surface area contributed by atoms with Crippen LogP contribution in [-0.4, -0.2) is 45.6 Å². The standard InChI is InChI=1S/C12H12O2.Na/c13-12(14)8-6-11(7-9-12)10-4-2-1-3-5-10;/h1-8,13-14H,9H2;. The molecule has 2 rings (SSSR count). The summed E-state index contributed by atoms with van der Waals surface area (Å²) in [7, 11) is 0. The van der Waals surface area contributed by atoms with E-state index in [1.165, 1.54) is 6.08 Å². The summed E-state index contributed by atoms with van der Waals surface area (Å²) in [6, 6.07) is 9.88. The number of rotatable bonds is 1. The van der Waals surface area contributed by atoms with Crippen LogP contribution in [-0.2, 0) is 0 Å². The van der Waals surface area contributed by atoms with Crippen LogP contribution in [0.3, 0.4) is 0 Å². The van der Waals surface area contributed by atoms with Gasteiger partial charge in [0.15, 0.2) is 5.79 Å². The van der Waals surface area contributed by atoms with Crippen molar-refractivity contribution in [2.45, 2.75) is 12.2 Å². The first-order valence-corrected chi connectivity index (χ1v) is 4.57. The summed E-state index contributed by atoms with van der Waals surface area (Å²) in [5.41, 5.74) is 2.13. The van der Waals surface area contributed by atoms with Crippen molar-refractivity contribution in [1.82, 2.24) is 0 Å². The maximum atomic E-state index is 9.26. The molecule has 0 aromatic heterocycles. The van der Waals surface area contributed by atoms with Crippen molar-refractivity contribution in [3.8, 4) is 0 Å². The largest absolute Gasteiger partial charge is 0.362 e. The molecule has 0 fully saturated rings. The van der Waals surface area contributed by atoms with Crippen LogP contribution in [0.2, 0.25) is 0 Å². The van der Waals surface area contributed by atoms with Crippen LogP contribution in [0.25, 0.3) is 5.57 Å². The van der Waals surface area contributed by atoms with E-state index in [1.54, 1.807) is 6.08 Å². The molecule has 1 radical (unpaired) electrons. The molecule has 0 spiro atoms. The van der Waals surface area contributed by atoms with Crippen LogP contribution in [0, 0.1) is 0 Å². The van der Waals surface area contributed by atoms with Crippen molar-refractivity contribution >= 4 is 35.1 Å². The van der Waals surface area contributed by atoms with Crippen LogP contribution in [0.5, 0.6) is 0 Å². The Labute approximate surface area is 111 Å². The summed E-state index contributed by atoms with van der Waals surface area (Å²) in [6.07, 6.45) is 5.22. The third-order valence-electron chi connectivity index (χ3n) is 2.26. The van der Waals surface area contributed by atoms with Gasteiger partial charge in [0.2, 0.25) is 0 Å². The molecule has 0 unspecified atom stereocenters. The van der Waals surface area contributed by atoms with E-state index in [0.717, 1.165) is 11.1 Å². The van der Waals surface area contributed by atoms with E-state index in [-0.39, 0.29) is 36.0 Å². The molecule has 0 heterocycles. The van der Waals surface area contributed by atoms with Gasteiger partial charge in [0.1, 0.15) is 0 Å². The summed E-state index contributed by atoms with van der Waals surface area (Å²) >= 11 is 0. The second-order valence-corrected chi connectivity index (χ2v) is 3.44. The fourth-order valence-electron chi connectivity index (χ4n) is 1.46. The van der Waals surface area contributed by atoms with Crippen molar-refractivity contribution < 1.29 is 10.2 Å². The van der Waals surface area contributed by atoms with E-state index in [9.17, 15) is 10.2 Å². The topological polar surface area (TPSA) is 40.5 Å². The Hall–Kier alpha value is -0.380. The molecular formula is C12H12NaO2. The van der Waals surface area contributed by atoms with E-state index >= 15 is 0 Å². The predicted octanol–water partition coefficient (Wildman–Crippen LogP) is 1.33. The predicted molar refractivity (Wildman–Crippen MR) is 61.1 cm³/mol. The first-order chi connectivity index (χ1) is 6.67. The molecule has 3 heteroatoms. The Morgan fingerprint density at radius 3 is 2.27 bits per heavy atom. The number of hydrogen-bond acceptors (Lipinski definition) is 2. The second kappa shape index (κ2) is 5.10. The van der Waals surface area contributed by atoms with Gasteiger partial charge in [-0.3, -0.25) is 0 Å². The monoisotopic (exact) mass is 211 g/mol. The zero-order chi connectivity index (χ0) is 10.0. The molecule has 0 atom stereocenters. The first kappa shape index (κ1) is 12.7. The number of aliphatic hydroxyl groups is 2. The maximum Gasteiger partial charge on any atom is 0.186 e. The molecule has 0 saturated carbocycles. The fourth-order valence-corrected chi connectivity index (χ4v) is 1.46. The van der Waals surface area contributed by atoms with Gasteiger partial charge in [-0.1, -0.05) is 42.5 Å². The average Bonchev–Trinajstić information content (AvgIpc) is 2.19. The van der Waals surface area contributed by atoms with Gasteiger partial charge in [0, 0.05) is 36.0 Å². The Morgan fingerprint density at radius 2 is 1.73 bits per heavy atom. The van der Waals surface area contributed by atoms with Gasteiger partial charge in [0.25, 0.3) is 0 Å². The summed E-state index contributed by atoms with van der Waals surface area (Å²) in [5.74, 6) is -1.67. The first-order valence-electron chi connectivity index (χ1n) is 4.57. The minimum Gasteiger partial charge on any atom is -0.362 e. The van der Waals surface area contributed by atoms with E-state index in [1.807, 2.05) is 36.4 Å². The molecule has 0 aliphatic heterocycles. The van der Waals surface area contributed by atoms with Crippen molar-refractivity contribution in [2.75, 3.05) is 0 Å². The van der Waals surface area contributed by atoms with Gasteiger partial charge in [-0.05, 0) is 17.2 Å². The van der Waals surface area contributed by atoms with Crippen LogP contribution >= 0.6 is 0 Å².